The number of hydrogen-bond acceptors (Lipinski definition) is 4. The first-order chi connectivity index (χ1) is 17.5. The summed E-state index contributed by atoms with van der Waals surface area (Å²) in [5.41, 5.74) is 8.20. The molecule has 2 amide bonds. The molecule has 1 N–H and O–H groups in total. The third kappa shape index (κ3) is 4.81. The van der Waals surface area contributed by atoms with Gasteiger partial charge in [0.25, 0.3) is 5.91 Å². The van der Waals surface area contributed by atoms with Gasteiger partial charge in [0.1, 0.15) is 6.54 Å². The number of aryl methyl sites for hydroxylation is 2. The zero-order valence-electron chi connectivity index (χ0n) is 20.5. The summed E-state index contributed by atoms with van der Waals surface area (Å²) in [5, 5.41) is 5.16. The molecule has 36 heavy (non-hydrogen) atoms. The topological polar surface area (TPSA) is 80.9 Å². The van der Waals surface area contributed by atoms with E-state index in [1.165, 1.54) is 0 Å². The minimum Gasteiger partial charge on any atom is -0.378 e. The highest BCUT2D eigenvalue weighted by Crippen LogP contribution is 2.21. The molecule has 1 aliphatic rings. The van der Waals surface area contributed by atoms with Crippen LogP contribution in [0, 0.1) is 13.8 Å². The van der Waals surface area contributed by atoms with Crippen LogP contribution >= 0.6 is 0 Å². The molecular weight excluding hydrogens is 454 g/mol. The van der Waals surface area contributed by atoms with E-state index in [0.717, 1.165) is 33.5 Å². The number of aromatic nitrogens is 2. The Labute approximate surface area is 209 Å². The maximum Gasteiger partial charge on any atom is 0.271 e. The van der Waals surface area contributed by atoms with E-state index in [2.05, 4.69) is 41.1 Å². The first-order valence-corrected chi connectivity index (χ1v) is 12.0. The molecule has 1 aliphatic heterocycles. The van der Waals surface area contributed by atoms with Crippen molar-refractivity contribution in [3.63, 3.8) is 0 Å². The number of hydrogen-bond donors (Lipinski definition) is 1. The summed E-state index contributed by atoms with van der Waals surface area (Å²) < 4.78 is 9.42. The van der Waals surface area contributed by atoms with Gasteiger partial charge in [0.15, 0.2) is 0 Å². The van der Waals surface area contributed by atoms with Gasteiger partial charge < -0.3 is 18.8 Å². The van der Waals surface area contributed by atoms with Crippen molar-refractivity contribution in [2.24, 2.45) is 5.10 Å². The number of hydrazone groups is 1. The van der Waals surface area contributed by atoms with Gasteiger partial charge in [-0.3, -0.25) is 9.59 Å². The Hall–Kier alpha value is -4.17. The fourth-order valence-electron chi connectivity index (χ4n) is 4.63. The third-order valence-corrected chi connectivity index (χ3v) is 6.52. The van der Waals surface area contributed by atoms with Crippen molar-refractivity contribution in [1.29, 1.82) is 0 Å². The molecule has 0 bridgehead atoms. The summed E-state index contributed by atoms with van der Waals surface area (Å²) in [6.45, 7) is 6.73. The Kier molecular flexibility index (Phi) is 6.69. The molecule has 3 heterocycles. The number of nitrogens with zero attached hydrogens (tertiary/aromatic N) is 4. The SMILES string of the molecule is Cc1ccc(C)n1-c1ccc(C(=O)N/N=C/c2cn(CC(=O)N3CCOCC3)c3ccccc23)cc1. The number of rotatable bonds is 6. The number of para-hydroxylation sites is 1. The fourth-order valence-corrected chi connectivity index (χ4v) is 4.63. The number of benzene rings is 2. The van der Waals surface area contributed by atoms with Crippen LogP contribution < -0.4 is 5.43 Å². The second-order valence-corrected chi connectivity index (χ2v) is 8.92. The van der Waals surface area contributed by atoms with Gasteiger partial charge in [0, 0.05) is 58.4 Å². The number of nitrogens with one attached hydrogen (secondary N) is 1. The van der Waals surface area contributed by atoms with Crippen LogP contribution in [0.3, 0.4) is 0 Å². The molecule has 8 nitrogen and oxygen atoms in total. The number of morpholine rings is 1. The molecule has 4 aromatic rings. The Morgan fingerprint density at radius 1 is 0.972 bits per heavy atom. The monoisotopic (exact) mass is 483 g/mol. The molecule has 8 heteroatoms. The maximum absolute atomic E-state index is 12.8. The normalized spacial score (nSPS) is 14.0. The molecule has 0 radical (unpaired) electrons. The zero-order chi connectivity index (χ0) is 25.1. The number of carbonyl (C=O) groups excluding carboxylic acids is 2. The van der Waals surface area contributed by atoms with Gasteiger partial charge in [-0.05, 0) is 56.3 Å². The Morgan fingerprint density at radius 2 is 1.67 bits per heavy atom. The lowest BCUT2D eigenvalue weighted by molar-refractivity contribution is -0.135. The van der Waals surface area contributed by atoms with E-state index in [9.17, 15) is 9.59 Å². The first kappa shape index (κ1) is 23.6. The number of ether oxygens (including phenoxy) is 1. The van der Waals surface area contributed by atoms with Crippen LogP contribution in [0.2, 0.25) is 0 Å². The summed E-state index contributed by atoms with van der Waals surface area (Å²) in [4.78, 5) is 27.3. The minimum absolute atomic E-state index is 0.0598. The Balaban J connectivity index is 1.28. The average molecular weight is 484 g/mol. The van der Waals surface area contributed by atoms with Gasteiger partial charge in [-0.1, -0.05) is 18.2 Å². The van der Waals surface area contributed by atoms with E-state index in [-0.39, 0.29) is 18.4 Å². The van der Waals surface area contributed by atoms with Crippen LogP contribution in [0.25, 0.3) is 16.6 Å². The highest BCUT2D eigenvalue weighted by Gasteiger charge is 2.18. The van der Waals surface area contributed by atoms with Crippen molar-refractivity contribution in [3.05, 3.63) is 89.4 Å². The standard InChI is InChI=1S/C28H29N5O3/c1-20-7-8-21(2)33(20)24-11-9-22(10-12-24)28(35)30-29-17-23-18-32(26-6-4-3-5-25(23)26)19-27(34)31-13-15-36-16-14-31/h3-12,17-18H,13-16,19H2,1-2H3,(H,30,35)/b29-17+. The lowest BCUT2D eigenvalue weighted by Gasteiger charge is -2.27. The maximum atomic E-state index is 12.8. The third-order valence-electron chi connectivity index (χ3n) is 6.52. The van der Waals surface area contributed by atoms with Crippen molar-refractivity contribution < 1.29 is 14.3 Å². The molecule has 0 aliphatic carbocycles. The van der Waals surface area contributed by atoms with E-state index in [1.54, 1.807) is 18.3 Å². The number of amides is 2. The highest BCUT2D eigenvalue weighted by atomic mass is 16.5. The molecule has 2 aromatic heterocycles. The summed E-state index contributed by atoms with van der Waals surface area (Å²) in [6, 6.07) is 19.4. The molecule has 0 saturated carbocycles. The fraction of sp³-hybridized carbons (Fsp3) is 0.250. The Morgan fingerprint density at radius 3 is 2.39 bits per heavy atom. The van der Waals surface area contributed by atoms with Crippen LogP contribution in [0.15, 0.2) is 72.0 Å². The van der Waals surface area contributed by atoms with Gasteiger partial charge in [-0.15, -0.1) is 0 Å². The van der Waals surface area contributed by atoms with Gasteiger partial charge >= 0.3 is 0 Å². The van der Waals surface area contributed by atoms with Crippen LogP contribution in [0.5, 0.6) is 0 Å². The van der Waals surface area contributed by atoms with E-state index >= 15 is 0 Å². The molecular formula is C28H29N5O3. The second kappa shape index (κ2) is 10.2. The molecule has 184 valence electrons. The summed E-state index contributed by atoms with van der Waals surface area (Å²) >= 11 is 0. The van der Waals surface area contributed by atoms with Crippen molar-refractivity contribution in [2.45, 2.75) is 20.4 Å². The Bertz CT molecular complexity index is 1410. The molecule has 1 saturated heterocycles. The zero-order valence-corrected chi connectivity index (χ0v) is 20.5. The largest absolute Gasteiger partial charge is 0.378 e. The molecule has 5 rings (SSSR count). The van der Waals surface area contributed by atoms with Gasteiger partial charge in [-0.25, -0.2) is 5.43 Å². The van der Waals surface area contributed by atoms with Gasteiger partial charge in [0.05, 0.1) is 19.4 Å². The van der Waals surface area contributed by atoms with Crippen molar-refractivity contribution in [1.82, 2.24) is 19.5 Å². The van der Waals surface area contributed by atoms with Crippen molar-refractivity contribution in [3.8, 4) is 5.69 Å². The second-order valence-electron chi connectivity index (χ2n) is 8.92. The highest BCUT2D eigenvalue weighted by molar-refractivity contribution is 6.01. The lowest BCUT2D eigenvalue weighted by atomic mass is 10.2. The number of carbonyl (C=O) groups is 2. The van der Waals surface area contributed by atoms with E-state index in [1.807, 2.05) is 52.1 Å². The van der Waals surface area contributed by atoms with Crippen LogP contribution in [-0.2, 0) is 16.1 Å². The van der Waals surface area contributed by atoms with E-state index in [0.29, 0.717) is 31.9 Å². The quantitative estimate of drug-likeness (QED) is 0.336. The first-order valence-electron chi connectivity index (χ1n) is 12.0. The average Bonchev–Trinajstić information content (AvgIpc) is 3.43. The van der Waals surface area contributed by atoms with Crippen molar-refractivity contribution >= 4 is 28.9 Å². The van der Waals surface area contributed by atoms with Crippen LogP contribution in [-0.4, -0.2) is 58.4 Å². The van der Waals surface area contributed by atoms with Gasteiger partial charge in [-0.2, -0.15) is 5.10 Å². The predicted molar refractivity (Wildman–Crippen MR) is 140 cm³/mol. The van der Waals surface area contributed by atoms with Crippen molar-refractivity contribution in [2.75, 3.05) is 26.3 Å². The molecule has 0 unspecified atom stereocenters. The van der Waals surface area contributed by atoms with Crippen LogP contribution in [0.4, 0.5) is 0 Å². The number of fused-ring (bicyclic) bond motifs is 1. The van der Waals surface area contributed by atoms with E-state index < -0.39 is 0 Å². The molecule has 0 spiro atoms. The lowest BCUT2D eigenvalue weighted by Crippen LogP contribution is -2.42. The smallest absolute Gasteiger partial charge is 0.271 e. The van der Waals surface area contributed by atoms with Crippen LogP contribution in [0.1, 0.15) is 27.3 Å². The minimum atomic E-state index is -0.287. The summed E-state index contributed by atoms with van der Waals surface area (Å²) in [5.74, 6) is -0.227. The van der Waals surface area contributed by atoms with Gasteiger partial charge in [0.2, 0.25) is 5.91 Å². The summed E-state index contributed by atoms with van der Waals surface area (Å²) in [6.07, 6.45) is 3.52. The van der Waals surface area contributed by atoms with E-state index in [4.69, 9.17) is 4.74 Å². The molecule has 0 atom stereocenters. The molecule has 2 aromatic carbocycles. The molecule has 1 fully saturated rings. The summed E-state index contributed by atoms with van der Waals surface area (Å²) in [7, 11) is 0. The predicted octanol–water partition coefficient (Wildman–Crippen LogP) is 3.67.